The molecule has 110 valence electrons. The van der Waals surface area contributed by atoms with Gasteiger partial charge in [0.15, 0.2) is 0 Å². The van der Waals surface area contributed by atoms with Crippen LogP contribution in [-0.4, -0.2) is 17.6 Å². The van der Waals surface area contributed by atoms with Crippen molar-refractivity contribution in [2.24, 2.45) is 0 Å². The molecule has 0 heterocycles. The Morgan fingerprint density at radius 2 is 2.00 bits per heavy atom. The lowest BCUT2D eigenvalue weighted by Gasteiger charge is -2.23. The molecule has 0 radical (unpaired) electrons. The zero-order chi connectivity index (χ0) is 15.6. The molecule has 0 aromatic heterocycles. The summed E-state index contributed by atoms with van der Waals surface area (Å²) in [6.45, 7) is 4.28. The smallest absolute Gasteiger partial charge is 0.258 e. The number of amides is 1. The Morgan fingerprint density at radius 1 is 1.29 bits per heavy atom. The largest absolute Gasteiger partial charge is 0.508 e. The minimum absolute atomic E-state index is 0.133. The van der Waals surface area contributed by atoms with Crippen LogP contribution in [0.4, 0.5) is 5.69 Å². The Labute approximate surface area is 137 Å². The number of anilines is 1. The molecule has 0 saturated heterocycles. The summed E-state index contributed by atoms with van der Waals surface area (Å²) in [4.78, 5) is 14.3. The number of phenolic OH excluding ortho intramolecular Hbond substituents is 1. The fraction of sp³-hybridized carbons (Fsp3) is 0.188. The number of benzene rings is 2. The van der Waals surface area contributed by atoms with Crippen LogP contribution in [0.25, 0.3) is 0 Å². The Hall–Kier alpha value is -1.52. The van der Waals surface area contributed by atoms with E-state index in [2.05, 4.69) is 15.9 Å². The first-order chi connectivity index (χ1) is 9.92. The summed E-state index contributed by atoms with van der Waals surface area (Å²) in [6.07, 6.45) is 0. The molecule has 0 atom stereocenters. The second-order valence-corrected chi connectivity index (χ2v) is 6.03. The average molecular weight is 369 g/mol. The molecule has 0 aliphatic rings. The lowest BCUT2D eigenvalue weighted by molar-refractivity contribution is 0.0988. The summed E-state index contributed by atoms with van der Waals surface area (Å²) in [5, 5.41) is 10.2. The predicted octanol–water partition coefficient (Wildman–Crippen LogP) is 4.78. The molecule has 0 aliphatic heterocycles. The highest BCUT2D eigenvalue weighted by Gasteiger charge is 2.19. The highest BCUT2D eigenvalue weighted by Crippen LogP contribution is 2.27. The van der Waals surface area contributed by atoms with Crippen molar-refractivity contribution in [2.75, 3.05) is 11.4 Å². The Morgan fingerprint density at radius 3 is 2.62 bits per heavy atom. The summed E-state index contributed by atoms with van der Waals surface area (Å²) >= 11 is 9.34. The number of carbonyl (C=O) groups is 1. The minimum atomic E-state index is -0.158. The lowest BCUT2D eigenvalue weighted by Crippen LogP contribution is -2.31. The van der Waals surface area contributed by atoms with E-state index in [-0.39, 0.29) is 11.7 Å². The number of rotatable bonds is 3. The van der Waals surface area contributed by atoms with Crippen molar-refractivity contribution in [1.29, 1.82) is 0 Å². The molecule has 1 N–H and O–H groups in total. The maximum absolute atomic E-state index is 12.7. The van der Waals surface area contributed by atoms with E-state index < -0.39 is 0 Å². The zero-order valence-corrected chi connectivity index (χ0v) is 14.1. The van der Waals surface area contributed by atoms with Crippen LogP contribution in [0.2, 0.25) is 5.02 Å². The van der Waals surface area contributed by atoms with Crippen LogP contribution < -0.4 is 4.90 Å². The molecule has 21 heavy (non-hydrogen) atoms. The van der Waals surface area contributed by atoms with Crippen molar-refractivity contribution in [3.8, 4) is 5.75 Å². The van der Waals surface area contributed by atoms with Crippen molar-refractivity contribution in [1.82, 2.24) is 0 Å². The topological polar surface area (TPSA) is 40.5 Å². The van der Waals surface area contributed by atoms with Crippen LogP contribution >= 0.6 is 27.5 Å². The van der Waals surface area contributed by atoms with Gasteiger partial charge in [-0.05, 0) is 43.7 Å². The molecule has 2 aromatic carbocycles. The molecule has 5 heteroatoms. The maximum Gasteiger partial charge on any atom is 0.258 e. The molecule has 0 fully saturated rings. The van der Waals surface area contributed by atoms with Gasteiger partial charge in [-0.3, -0.25) is 4.79 Å². The van der Waals surface area contributed by atoms with Crippen LogP contribution in [0.15, 0.2) is 40.9 Å². The van der Waals surface area contributed by atoms with Crippen LogP contribution in [-0.2, 0) is 0 Å². The van der Waals surface area contributed by atoms with E-state index in [1.807, 2.05) is 13.8 Å². The molecule has 0 aliphatic carbocycles. The van der Waals surface area contributed by atoms with Gasteiger partial charge in [0.2, 0.25) is 0 Å². The van der Waals surface area contributed by atoms with Crippen LogP contribution in [0.3, 0.4) is 0 Å². The normalized spacial score (nSPS) is 10.5. The van der Waals surface area contributed by atoms with E-state index >= 15 is 0 Å². The lowest BCUT2D eigenvalue weighted by atomic mass is 10.1. The SMILES string of the molecule is CCN(C(=O)c1cc(Cl)cc(Br)c1)c1cc(O)ccc1C. The maximum atomic E-state index is 12.7. The van der Waals surface area contributed by atoms with E-state index in [0.717, 1.165) is 10.0 Å². The van der Waals surface area contributed by atoms with Gasteiger partial charge in [-0.2, -0.15) is 0 Å². The van der Waals surface area contributed by atoms with Gasteiger partial charge in [-0.25, -0.2) is 0 Å². The van der Waals surface area contributed by atoms with E-state index in [9.17, 15) is 9.90 Å². The first kappa shape index (κ1) is 15.9. The number of aromatic hydroxyl groups is 1. The number of hydrogen-bond acceptors (Lipinski definition) is 2. The molecular weight excluding hydrogens is 354 g/mol. The third kappa shape index (κ3) is 3.57. The first-order valence-electron chi connectivity index (χ1n) is 6.50. The Bertz CT molecular complexity index is 668. The van der Waals surface area contributed by atoms with Crippen molar-refractivity contribution < 1.29 is 9.90 Å². The zero-order valence-electron chi connectivity index (χ0n) is 11.7. The number of aryl methyl sites for hydroxylation is 1. The number of nitrogens with zero attached hydrogens (tertiary/aromatic N) is 1. The standard InChI is InChI=1S/C16H15BrClNO2/c1-3-19(15-9-14(20)5-4-10(15)2)16(21)11-6-12(17)8-13(18)7-11/h4-9,20H,3H2,1-2H3. The monoisotopic (exact) mass is 367 g/mol. The molecule has 1 amide bonds. The van der Waals surface area contributed by atoms with E-state index in [1.54, 1.807) is 41.3 Å². The van der Waals surface area contributed by atoms with Gasteiger partial charge in [0.1, 0.15) is 5.75 Å². The Kier molecular flexibility index (Phi) is 4.91. The first-order valence-corrected chi connectivity index (χ1v) is 7.67. The fourth-order valence-electron chi connectivity index (χ4n) is 2.15. The summed E-state index contributed by atoms with van der Waals surface area (Å²) in [5.74, 6) is -0.0245. The predicted molar refractivity (Wildman–Crippen MR) is 89.3 cm³/mol. The molecule has 0 saturated carbocycles. The summed E-state index contributed by atoms with van der Waals surface area (Å²) in [6, 6.07) is 10.1. The van der Waals surface area contributed by atoms with Gasteiger partial charge in [0, 0.05) is 27.7 Å². The van der Waals surface area contributed by atoms with Gasteiger partial charge in [-0.15, -0.1) is 0 Å². The highest BCUT2D eigenvalue weighted by molar-refractivity contribution is 9.10. The summed E-state index contributed by atoms with van der Waals surface area (Å²) in [5.41, 5.74) is 2.11. The highest BCUT2D eigenvalue weighted by atomic mass is 79.9. The third-order valence-electron chi connectivity index (χ3n) is 3.15. The molecular formula is C16H15BrClNO2. The van der Waals surface area contributed by atoms with E-state index in [0.29, 0.717) is 22.8 Å². The van der Waals surface area contributed by atoms with Gasteiger partial charge in [-0.1, -0.05) is 33.6 Å². The third-order valence-corrected chi connectivity index (χ3v) is 3.83. The van der Waals surface area contributed by atoms with E-state index in [1.165, 1.54) is 0 Å². The van der Waals surface area contributed by atoms with Gasteiger partial charge < -0.3 is 10.0 Å². The minimum Gasteiger partial charge on any atom is -0.508 e. The van der Waals surface area contributed by atoms with Crippen molar-refractivity contribution in [2.45, 2.75) is 13.8 Å². The quantitative estimate of drug-likeness (QED) is 0.846. The van der Waals surface area contributed by atoms with Crippen molar-refractivity contribution in [3.05, 3.63) is 57.0 Å². The second kappa shape index (κ2) is 6.50. The number of phenols is 1. The molecule has 2 aromatic rings. The van der Waals surface area contributed by atoms with E-state index in [4.69, 9.17) is 11.6 Å². The fourth-order valence-corrected chi connectivity index (χ4v) is 3.01. The molecule has 0 unspecified atom stereocenters. The molecule has 0 bridgehead atoms. The average Bonchev–Trinajstić information content (AvgIpc) is 2.42. The van der Waals surface area contributed by atoms with Crippen molar-refractivity contribution in [3.63, 3.8) is 0 Å². The number of halogens is 2. The van der Waals surface area contributed by atoms with Crippen LogP contribution in [0.1, 0.15) is 22.8 Å². The van der Waals surface area contributed by atoms with Gasteiger partial charge in [0.05, 0.1) is 5.69 Å². The summed E-state index contributed by atoms with van der Waals surface area (Å²) < 4.78 is 0.752. The molecule has 2 rings (SSSR count). The molecule has 0 spiro atoms. The molecule has 3 nitrogen and oxygen atoms in total. The Balaban J connectivity index is 2.45. The van der Waals surface area contributed by atoms with Crippen LogP contribution in [0, 0.1) is 6.92 Å². The van der Waals surface area contributed by atoms with Crippen LogP contribution in [0.5, 0.6) is 5.75 Å². The number of carbonyl (C=O) groups excluding carboxylic acids is 1. The van der Waals surface area contributed by atoms with Gasteiger partial charge in [0.25, 0.3) is 5.91 Å². The second-order valence-electron chi connectivity index (χ2n) is 4.68. The summed E-state index contributed by atoms with van der Waals surface area (Å²) in [7, 11) is 0. The van der Waals surface area contributed by atoms with Crippen molar-refractivity contribution >= 4 is 39.1 Å². The van der Waals surface area contributed by atoms with Gasteiger partial charge >= 0.3 is 0 Å². The number of hydrogen-bond donors (Lipinski definition) is 1.